The molecule has 1 N–H and O–H groups in total. The summed E-state index contributed by atoms with van der Waals surface area (Å²) in [6, 6.07) is 5.78. The van der Waals surface area contributed by atoms with E-state index in [-0.39, 0.29) is 29.7 Å². The van der Waals surface area contributed by atoms with Gasteiger partial charge in [-0.15, -0.1) is 0 Å². The summed E-state index contributed by atoms with van der Waals surface area (Å²) in [6.07, 6.45) is -0.291. The molecule has 0 spiro atoms. The molecule has 0 bridgehead atoms. The lowest BCUT2D eigenvalue weighted by Gasteiger charge is -2.17. The van der Waals surface area contributed by atoms with Crippen molar-refractivity contribution in [3.63, 3.8) is 0 Å². The van der Waals surface area contributed by atoms with Gasteiger partial charge >= 0.3 is 11.9 Å². The van der Waals surface area contributed by atoms with Crippen molar-refractivity contribution in [2.75, 3.05) is 13.7 Å². The van der Waals surface area contributed by atoms with Gasteiger partial charge in [0, 0.05) is 19.3 Å². The number of hydrogen-bond donors (Lipinski definition) is 1. The molecule has 0 aliphatic heterocycles. The zero-order chi connectivity index (χ0) is 21.7. The predicted octanol–water partition coefficient (Wildman–Crippen LogP) is 3.15. The Balaban J connectivity index is 1.98. The van der Waals surface area contributed by atoms with E-state index in [0.29, 0.717) is 11.3 Å². The monoisotopic (exact) mass is 404 g/mol. The standard InChI is InChI=1S/C21H25FN2O5/c1-12(2)29-20(26)18-13(3)19(23-14(18)4)21(27)28-11-17(25)24(5)10-15-6-8-16(22)9-7-15/h6-9,12,23H,10-11H2,1-5H3. The third kappa shape index (κ3) is 5.66. The van der Waals surface area contributed by atoms with Crippen LogP contribution in [0.15, 0.2) is 24.3 Å². The maximum Gasteiger partial charge on any atom is 0.355 e. The summed E-state index contributed by atoms with van der Waals surface area (Å²) in [5.74, 6) is -2.04. The summed E-state index contributed by atoms with van der Waals surface area (Å²) in [7, 11) is 1.56. The molecule has 2 aromatic rings. The Morgan fingerprint density at radius 1 is 1.10 bits per heavy atom. The van der Waals surface area contributed by atoms with E-state index < -0.39 is 24.5 Å². The fourth-order valence-electron chi connectivity index (χ4n) is 2.79. The van der Waals surface area contributed by atoms with Crippen LogP contribution in [-0.4, -0.2) is 47.5 Å². The highest BCUT2D eigenvalue weighted by Gasteiger charge is 2.25. The minimum Gasteiger partial charge on any atom is -0.459 e. The largest absolute Gasteiger partial charge is 0.459 e. The molecule has 0 unspecified atom stereocenters. The first kappa shape index (κ1) is 22.1. The molecule has 7 nitrogen and oxygen atoms in total. The van der Waals surface area contributed by atoms with E-state index in [1.54, 1.807) is 46.9 Å². The molecule has 0 saturated carbocycles. The number of likely N-dealkylation sites (N-methyl/N-ethyl adjacent to an activating group) is 1. The van der Waals surface area contributed by atoms with Crippen molar-refractivity contribution in [1.29, 1.82) is 0 Å². The molecule has 0 atom stereocenters. The molecule has 1 amide bonds. The first-order valence-corrected chi connectivity index (χ1v) is 9.15. The molecule has 8 heteroatoms. The van der Waals surface area contributed by atoms with Crippen molar-refractivity contribution < 1.29 is 28.2 Å². The molecule has 0 fully saturated rings. The van der Waals surface area contributed by atoms with Crippen molar-refractivity contribution in [2.45, 2.75) is 40.3 Å². The smallest absolute Gasteiger partial charge is 0.355 e. The van der Waals surface area contributed by atoms with Gasteiger partial charge in [0.2, 0.25) is 0 Å². The van der Waals surface area contributed by atoms with Crippen LogP contribution < -0.4 is 0 Å². The molecule has 0 aliphatic carbocycles. The Morgan fingerprint density at radius 3 is 2.31 bits per heavy atom. The van der Waals surface area contributed by atoms with Gasteiger partial charge in [0.15, 0.2) is 6.61 Å². The molecule has 1 heterocycles. The van der Waals surface area contributed by atoms with E-state index in [4.69, 9.17) is 9.47 Å². The van der Waals surface area contributed by atoms with Gasteiger partial charge in [0.25, 0.3) is 5.91 Å². The highest BCUT2D eigenvalue weighted by Crippen LogP contribution is 2.20. The summed E-state index contributed by atoms with van der Waals surface area (Å²) in [6.45, 7) is 6.53. The van der Waals surface area contributed by atoms with Gasteiger partial charge in [-0.1, -0.05) is 12.1 Å². The Bertz CT molecular complexity index is 903. The van der Waals surface area contributed by atoms with Crippen molar-refractivity contribution in [1.82, 2.24) is 9.88 Å². The fourth-order valence-corrected chi connectivity index (χ4v) is 2.79. The third-order valence-corrected chi connectivity index (χ3v) is 4.27. The van der Waals surface area contributed by atoms with E-state index in [9.17, 15) is 18.8 Å². The van der Waals surface area contributed by atoms with Gasteiger partial charge in [-0.25, -0.2) is 14.0 Å². The number of esters is 2. The Kier molecular flexibility index (Phi) is 7.14. The number of hydrogen-bond acceptors (Lipinski definition) is 5. The second kappa shape index (κ2) is 9.36. The van der Waals surface area contributed by atoms with Crippen molar-refractivity contribution >= 4 is 17.8 Å². The van der Waals surface area contributed by atoms with Gasteiger partial charge in [0.05, 0.1) is 11.7 Å². The summed E-state index contributed by atoms with van der Waals surface area (Å²) >= 11 is 0. The number of ether oxygens (including phenoxy) is 2. The number of aryl methyl sites for hydroxylation is 1. The maximum atomic E-state index is 13.0. The normalized spacial score (nSPS) is 10.7. The average Bonchev–Trinajstić information content (AvgIpc) is 2.95. The zero-order valence-electron chi connectivity index (χ0n) is 17.2. The summed E-state index contributed by atoms with van der Waals surface area (Å²) in [5, 5.41) is 0. The SMILES string of the molecule is Cc1[nH]c(C(=O)OCC(=O)N(C)Cc2ccc(F)cc2)c(C)c1C(=O)OC(C)C. The van der Waals surface area contributed by atoms with Crippen LogP contribution >= 0.6 is 0 Å². The zero-order valence-corrected chi connectivity index (χ0v) is 17.2. The molecule has 0 saturated heterocycles. The number of nitrogens with zero attached hydrogens (tertiary/aromatic N) is 1. The number of carbonyl (C=O) groups is 3. The Hall–Kier alpha value is -3.16. The van der Waals surface area contributed by atoms with E-state index in [2.05, 4.69) is 4.98 Å². The van der Waals surface area contributed by atoms with Gasteiger partial charge in [-0.3, -0.25) is 4.79 Å². The second-order valence-corrected chi connectivity index (χ2v) is 7.03. The lowest BCUT2D eigenvalue weighted by Crippen LogP contribution is -2.31. The summed E-state index contributed by atoms with van der Waals surface area (Å²) in [5.41, 5.74) is 2.03. The number of nitrogens with one attached hydrogen (secondary N) is 1. The summed E-state index contributed by atoms with van der Waals surface area (Å²) < 4.78 is 23.3. The fraction of sp³-hybridized carbons (Fsp3) is 0.381. The predicted molar refractivity (Wildman–Crippen MR) is 104 cm³/mol. The first-order chi connectivity index (χ1) is 13.6. The number of aromatic amines is 1. The summed E-state index contributed by atoms with van der Waals surface area (Å²) in [4.78, 5) is 41.0. The maximum absolute atomic E-state index is 13.0. The number of amides is 1. The Morgan fingerprint density at radius 2 is 1.72 bits per heavy atom. The van der Waals surface area contributed by atoms with Crippen molar-refractivity contribution in [2.24, 2.45) is 0 Å². The number of halogens is 1. The van der Waals surface area contributed by atoms with Gasteiger partial charge in [-0.2, -0.15) is 0 Å². The molecule has 156 valence electrons. The van der Waals surface area contributed by atoms with Gasteiger partial charge in [0.1, 0.15) is 11.5 Å². The highest BCUT2D eigenvalue weighted by atomic mass is 19.1. The molecule has 29 heavy (non-hydrogen) atoms. The van der Waals surface area contributed by atoms with Crippen LogP contribution in [0.25, 0.3) is 0 Å². The van der Waals surface area contributed by atoms with Crippen LogP contribution in [0.4, 0.5) is 4.39 Å². The minimum absolute atomic E-state index is 0.104. The highest BCUT2D eigenvalue weighted by molar-refractivity contribution is 5.99. The van der Waals surface area contributed by atoms with Crippen LogP contribution in [0.1, 0.15) is 51.5 Å². The van der Waals surface area contributed by atoms with E-state index in [1.807, 2.05) is 0 Å². The quantitative estimate of drug-likeness (QED) is 0.716. The molecule has 0 radical (unpaired) electrons. The minimum atomic E-state index is -0.738. The molecular formula is C21H25FN2O5. The average molecular weight is 404 g/mol. The third-order valence-electron chi connectivity index (χ3n) is 4.27. The number of aromatic nitrogens is 1. The molecule has 1 aromatic carbocycles. The van der Waals surface area contributed by atoms with Crippen LogP contribution in [-0.2, 0) is 20.8 Å². The van der Waals surface area contributed by atoms with Crippen molar-refractivity contribution in [3.8, 4) is 0 Å². The van der Waals surface area contributed by atoms with Crippen molar-refractivity contribution in [3.05, 3.63) is 58.2 Å². The van der Waals surface area contributed by atoms with Crippen LogP contribution in [0, 0.1) is 19.7 Å². The molecule has 2 rings (SSSR count). The van der Waals surface area contributed by atoms with Gasteiger partial charge < -0.3 is 19.4 Å². The van der Waals surface area contributed by atoms with E-state index in [0.717, 1.165) is 5.56 Å². The lowest BCUT2D eigenvalue weighted by molar-refractivity contribution is -0.133. The van der Waals surface area contributed by atoms with E-state index in [1.165, 1.54) is 17.0 Å². The molecular weight excluding hydrogens is 379 g/mol. The van der Waals surface area contributed by atoms with E-state index >= 15 is 0 Å². The number of H-pyrrole nitrogens is 1. The Labute approximate surface area is 168 Å². The first-order valence-electron chi connectivity index (χ1n) is 9.15. The topological polar surface area (TPSA) is 88.7 Å². The molecule has 1 aromatic heterocycles. The van der Waals surface area contributed by atoms with Crippen LogP contribution in [0.3, 0.4) is 0 Å². The lowest BCUT2D eigenvalue weighted by atomic mass is 10.1. The number of carbonyl (C=O) groups excluding carboxylic acids is 3. The molecule has 0 aliphatic rings. The second-order valence-electron chi connectivity index (χ2n) is 7.03. The number of rotatable bonds is 7. The van der Waals surface area contributed by atoms with Crippen LogP contribution in [0.2, 0.25) is 0 Å². The van der Waals surface area contributed by atoms with Crippen LogP contribution in [0.5, 0.6) is 0 Å². The number of benzene rings is 1. The van der Waals surface area contributed by atoms with Gasteiger partial charge in [-0.05, 0) is 51.0 Å².